The number of halogens is 2. The second-order valence-electron chi connectivity index (χ2n) is 10.3. The van der Waals surface area contributed by atoms with Gasteiger partial charge in [0.15, 0.2) is 11.6 Å². The van der Waals surface area contributed by atoms with Gasteiger partial charge in [-0.2, -0.15) is 4.90 Å². The molecule has 2 fully saturated rings. The summed E-state index contributed by atoms with van der Waals surface area (Å²) in [6.07, 6.45) is 2.35. The summed E-state index contributed by atoms with van der Waals surface area (Å²) in [5.74, 6) is -2.63. The van der Waals surface area contributed by atoms with Crippen molar-refractivity contribution >= 4 is 23.7 Å². The number of aryl methyl sites for hydroxylation is 1. The van der Waals surface area contributed by atoms with Gasteiger partial charge in [-0.25, -0.2) is 18.4 Å². The van der Waals surface area contributed by atoms with Crippen LogP contribution in [0.2, 0.25) is 0 Å². The zero-order valence-corrected chi connectivity index (χ0v) is 21.3. The van der Waals surface area contributed by atoms with Crippen molar-refractivity contribution in [2.75, 3.05) is 4.90 Å². The quantitative estimate of drug-likeness (QED) is 0.530. The topological polar surface area (TPSA) is 88.9 Å². The van der Waals surface area contributed by atoms with E-state index in [4.69, 9.17) is 4.74 Å². The number of carbonyl (C=O) groups excluding carboxylic acids is 3. The summed E-state index contributed by atoms with van der Waals surface area (Å²) in [4.78, 5) is 54.1. The van der Waals surface area contributed by atoms with Gasteiger partial charge in [-0.05, 0) is 55.7 Å². The van der Waals surface area contributed by atoms with Crippen LogP contribution in [0.1, 0.15) is 45.6 Å². The SMILES string of the molecule is Cc1cccn(CC2C(=O)N(C(=O)OC3CC(C)CCC3C(C)C)C(=O)N2c2ccc(F)c(F)c2)c1=O. The normalized spacial score (nSPS) is 24.2. The highest BCUT2D eigenvalue weighted by Crippen LogP contribution is 2.36. The van der Waals surface area contributed by atoms with Crippen molar-refractivity contribution in [1.82, 2.24) is 9.47 Å². The summed E-state index contributed by atoms with van der Waals surface area (Å²) in [5.41, 5.74) is -0.0874. The highest BCUT2D eigenvalue weighted by Gasteiger charge is 2.51. The summed E-state index contributed by atoms with van der Waals surface area (Å²) >= 11 is 0. The Bertz CT molecular complexity index is 1280. The van der Waals surface area contributed by atoms with Gasteiger partial charge in [0.25, 0.3) is 11.5 Å². The first-order chi connectivity index (χ1) is 17.5. The number of nitrogens with zero attached hydrogens (tertiary/aromatic N) is 3. The summed E-state index contributed by atoms with van der Waals surface area (Å²) in [7, 11) is 0. The maximum absolute atomic E-state index is 14.1. The van der Waals surface area contributed by atoms with Gasteiger partial charge >= 0.3 is 12.1 Å². The summed E-state index contributed by atoms with van der Waals surface area (Å²) < 4.78 is 34.7. The fraction of sp³-hybridized carbons (Fsp3) is 0.481. The predicted molar refractivity (Wildman–Crippen MR) is 132 cm³/mol. The minimum absolute atomic E-state index is 0.0805. The number of imide groups is 3. The van der Waals surface area contributed by atoms with E-state index in [2.05, 4.69) is 6.92 Å². The molecular weight excluding hydrogens is 484 g/mol. The Morgan fingerprint density at radius 1 is 1.11 bits per heavy atom. The molecule has 4 atom stereocenters. The molecule has 10 heteroatoms. The lowest BCUT2D eigenvalue weighted by atomic mass is 9.75. The number of pyridine rings is 1. The van der Waals surface area contributed by atoms with E-state index in [1.807, 2.05) is 13.8 Å². The molecule has 37 heavy (non-hydrogen) atoms. The average molecular weight is 516 g/mol. The molecule has 1 saturated heterocycles. The molecule has 1 aliphatic carbocycles. The number of hydrogen-bond acceptors (Lipinski definition) is 5. The van der Waals surface area contributed by atoms with Crippen LogP contribution in [0.25, 0.3) is 0 Å². The van der Waals surface area contributed by atoms with Crippen LogP contribution >= 0.6 is 0 Å². The van der Waals surface area contributed by atoms with Crippen LogP contribution < -0.4 is 10.5 Å². The largest absolute Gasteiger partial charge is 0.445 e. The monoisotopic (exact) mass is 515 g/mol. The van der Waals surface area contributed by atoms with Gasteiger partial charge < -0.3 is 9.30 Å². The number of ether oxygens (including phenoxy) is 1. The van der Waals surface area contributed by atoms with Crippen LogP contribution in [-0.2, 0) is 16.1 Å². The number of benzene rings is 1. The van der Waals surface area contributed by atoms with Gasteiger partial charge in [0.2, 0.25) is 0 Å². The second kappa shape index (κ2) is 10.4. The van der Waals surface area contributed by atoms with Gasteiger partial charge in [0.05, 0.1) is 6.54 Å². The fourth-order valence-corrected chi connectivity index (χ4v) is 5.27. The number of amides is 4. The zero-order chi connectivity index (χ0) is 27.0. The number of hydrogen-bond donors (Lipinski definition) is 0. The number of aromatic nitrogens is 1. The number of anilines is 1. The maximum Gasteiger partial charge on any atom is 0.425 e. The van der Waals surface area contributed by atoms with E-state index in [9.17, 15) is 28.0 Å². The minimum atomic E-state index is -1.35. The van der Waals surface area contributed by atoms with E-state index < -0.39 is 41.8 Å². The van der Waals surface area contributed by atoms with E-state index in [-0.39, 0.29) is 29.6 Å². The molecule has 1 aliphatic heterocycles. The van der Waals surface area contributed by atoms with E-state index >= 15 is 0 Å². The standard InChI is InChI=1S/C27H31F2N3O5/c1-15(2)19-9-7-16(3)12-23(19)37-27(36)32-25(34)22(14-30-11-5-6-17(4)24(30)33)31(26(32)35)18-8-10-20(28)21(29)13-18/h5-6,8,10-11,13,15-16,19,22-23H,7,9,12,14H2,1-4H3. The lowest BCUT2D eigenvalue weighted by Crippen LogP contribution is -2.43. The Morgan fingerprint density at radius 2 is 1.84 bits per heavy atom. The predicted octanol–water partition coefficient (Wildman–Crippen LogP) is 4.87. The van der Waals surface area contributed by atoms with E-state index in [0.29, 0.717) is 22.8 Å². The van der Waals surface area contributed by atoms with Crippen LogP contribution in [0, 0.1) is 36.3 Å². The first-order valence-electron chi connectivity index (χ1n) is 12.5. The van der Waals surface area contributed by atoms with Crippen LogP contribution in [0.4, 0.5) is 24.1 Å². The highest BCUT2D eigenvalue weighted by atomic mass is 19.2. The van der Waals surface area contributed by atoms with Crippen LogP contribution in [0.5, 0.6) is 0 Å². The molecule has 4 amide bonds. The van der Waals surface area contributed by atoms with Gasteiger partial charge in [-0.3, -0.25) is 14.5 Å². The third kappa shape index (κ3) is 5.14. The van der Waals surface area contributed by atoms with Gasteiger partial charge in [-0.15, -0.1) is 0 Å². The third-order valence-corrected chi connectivity index (χ3v) is 7.37. The molecule has 0 N–H and O–H groups in total. The first kappa shape index (κ1) is 26.5. The zero-order valence-electron chi connectivity index (χ0n) is 21.3. The van der Waals surface area contributed by atoms with Crippen molar-refractivity contribution in [3.8, 4) is 0 Å². The second-order valence-corrected chi connectivity index (χ2v) is 10.3. The summed E-state index contributed by atoms with van der Waals surface area (Å²) in [6, 6.07) is 3.57. The lowest BCUT2D eigenvalue weighted by molar-refractivity contribution is -0.127. The Morgan fingerprint density at radius 3 is 2.51 bits per heavy atom. The third-order valence-electron chi connectivity index (χ3n) is 7.37. The van der Waals surface area contributed by atoms with Gasteiger partial charge in [-0.1, -0.05) is 33.3 Å². The molecule has 2 aliphatic rings. The molecule has 2 aromatic rings. The number of rotatable bonds is 5. The van der Waals surface area contributed by atoms with E-state index in [0.717, 1.165) is 35.9 Å². The molecule has 0 spiro atoms. The Labute approximate surface area is 213 Å². The lowest BCUT2D eigenvalue weighted by Gasteiger charge is -2.37. The van der Waals surface area contributed by atoms with Gasteiger partial charge in [0, 0.05) is 23.5 Å². The van der Waals surface area contributed by atoms with Crippen molar-refractivity contribution in [3.63, 3.8) is 0 Å². The van der Waals surface area contributed by atoms with Crippen LogP contribution in [-0.4, -0.2) is 39.6 Å². The van der Waals surface area contributed by atoms with Gasteiger partial charge in [0.1, 0.15) is 12.1 Å². The summed E-state index contributed by atoms with van der Waals surface area (Å²) in [6.45, 7) is 7.45. The minimum Gasteiger partial charge on any atom is -0.445 e. The molecule has 2 heterocycles. The number of urea groups is 1. The van der Waals surface area contributed by atoms with E-state index in [1.165, 1.54) is 10.8 Å². The molecule has 1 saturated carbocycles. The molecule has 198 valence electrons. The van der Waals surface area contributed by atoms with E-state index in [1.54, 1.807) is 19.1 Å². The van der Waals surface area contributed by atoms with Crippen molar-refractivity contribution in [3.05, 3.63) is 64.1 Å². The fourth-order valence-electron chi connectivity index (χ4n) is 5.27. The van der Waals surface area contributed by atoms with Crippen molar-refractivity contribution in [1.29, 1.82) is 0 Å². The molecule has 4 rings (SSSR count). The smallest absolute Gasteiger partial charge is 0.425 e. The van der Waals surface area contributed by atoms with Crippen molar-refractivity contribution in [2.24, 2.45) is 17.8 Å². The number of carbonyl (C=O) groups is 3. The highest BCUT2D eigenvalue weighted by molar-refractivity contribution is 6.22. The molecule has 4 unspecified atom stereocenters. The van der Waals surface area contributed by atoms with Crippen molar-refractivity contribution < 1.29 is 27.9 Å². The van der Waals surface area contributed by atoms with Crippen molar-refractivity contribution in [2.45, 2.75) is 65.6 Å². The first-order valence-corrected chi connectivity index (χ1v) is 12.5. The Kier molecular flexibility index (Phi) is 7.47. The molecule has 8 nitrogen and oxygen atoms in total. The molecule has 1 aromatic heterocycles. The molecular formula is C27H31F2N3O5. The van der Waals surface area contributed by atoms with Crippen LogP contribution in [0.3, 0.4) is 0 Å². The molecule has 0 bridgehead atoms. The molecule has 0 radical (unpaired) electrons. The average Bonchev–Trinajstić information content (AvgIpc) is 3.07. The molecule has 1 aromatic carbocycles. The Hall–Kier alpha value is -3.56. The summed E-state index contributed by atoms with van der Waals surface area (Å²) in [5, 5.41) is 0. The Balaban J connectivity index is 1.68. The van der Waals surface area contributed by atoms with Crippen LogP contribution in [0.15, 0.2) is 41.3 Å². The maximum atomic E-state index is 14.1.